The van der Waals surface area contributed by atoms with Crippen LogP contribution in [0.2, 0.25) is 0 Å². The fourth-order valence-corrected chi connectivity index (χ4v) is 4.08. The summed E-state index contributed by atoms with van der Waals surface area (Å²) in [6.07, 6.45) is 7.32. The van der Waals surface area contributed by atoms with Crippen LogP contribution < -0.4 is 5.32 Å². The molecule has 3 rings (SSSR count). The van der Waals surface area contributed by atoms with Gasteiger partial charge in [0.2, 0.25) is 0 Å². The molecule has 1 atom stereocenters. The van der Waals surface area contributed by atoms with E-state index in [0.717, 1.165) is 16.2 Å². The van der Waals surface area contributed by atoms with Gasteiger partial charge in [0.05, 0.1) is 17.9 Å². The van der Waals surface area contributed by atoms with E-state index in [1.165, 1.54) is 36.1 Å². The number of hydrogen-bond donors (Lipinski definition) is 1. The van der Waals surface area contributed by atoms with Gasteiger partial charge in [-0.15, -0.1) is 11.3 Å². The van der Waals surface area contributed by atoms with E-state index < -0.39 is 0 Å². The van der Waals surface area contributed by atoms with Crippen LogP contribution in [-0.2, 0) is 0 Å². The summed E-state index contributed by atoms with van der Waals surface area (Å²) in [6, 6.07) is 7.00. The third-order valence-electron chi connectivity index (χ3n) is 4.06. The molecular weight excluding hydrogens is 332 g/mol. The molecule has 2 aromatic heterocycles. The molecule has 20 heavy (non-hydrogen) atoms. The molecule has 0 amide bonds. The molecular formula is C16H19BrN2S. The molecule has 1 unspecified atom stereocenters. The summed E-state index contributed by atoms with van der Waals surface area (Å²) in [5, 5.41) is 5.89. The standard InChI is InChI=1S/C16H19BrN2S/c1-11-9-13(10-18-16(11)17)19-15(12-5-2-3-6-12)14-7-4-8-20-14/h4,7-10,12,15,19H,2-3,5-6H2,1H3. The third-order valence-corrected chi connectivity index (χ3v) is 5.84. The third kappa shape index (κ3) is 3.07. The van der Waals surface area contributed by atoms with Crippen LogP contribution in [0.3, 0.4) is 0 Å². The largest absolute Gasteiger partial charge is 0.376 e. The molecule has 1 aliphatic carbocycles. The fraction of sp³-hybridized carbons (Fsp3) is 0.438. The van der Waals surface area contributed by atoms with Crippen LogP contribution in [0.4, 0.5) is 5.69 Å². The Labute approximate surface area is 132 Å². The predicted molar refractivity (Wildman–Crippen MR) is 89.3 cm³/mol. The van der Waals surface area contributed by atoms with Crippen LogP contribution >= 0.6 is 27.3 Å². The topological polar surface area (TPSA) is 24.9 Å². The number of nitrogens with zero attached hydrogens (tertiary/aromatic N) is 1. The molecule has 2 heterocycles. The van der Waals surface area contributed by atoms with Crippen molar-refractivity contribution in [2.45, 2.75) is 38.6 Å². The maximum absolute atomic E-state index is 4.40. The lowest BCUT2D eigenvalue weighted by Crippen LogP contribution is -2.18. The lowest BCUT2D eigenvalue weighted by molar-refractivity contribution is 0.475. The molecule has 0 spiro atoms. The van der Waals surface area contributed by atoms with Crippen molar-refractivity contribution < 1.29 is 0 Å². The van der Waals surface area contributed by atoms with Gasteiger partial charge in [-0.25, -0.2) is 4.98 Å². The summed E-state index contributed by atoms with van der Waals surface area (Å²) in [7, 11) is 0. The highest BCUT2D eigenvalue weighted by molar-refractivity contribution is 9.10. The van der Waals surface area contributed by atoms with E-state index in [2.05, 4.69) is 56.7 Å². The maximum atomic E-state index is 4.40. The van der Waals surface area contributed by atoms with Crippen LogP contribution in [0.25, 0.3) is 0 Å². The van der Waals surface area contributed by atoms with Gasteiger partial charge in [-0.1, -0.05) is 18.9 Å². The summed E-state index contributed by atoms with van der Waals surface area (Å²) in [5.41, 5.74) is 2.29. The summed E-state index contributed by atoms with van der Waals surface area (Å²) < 4.78 is 0.927. The predicted octanol–water partition coefficient (Wildman–Crippen LogP) is 5.56. The number of nitrogens with one attached hydrogen (secondary N) is 1. The van der Waals surface area contributed by atoms with Crippen molar-refractivity contribution in [1.29, 1.82) is 0 Å². The average Bonchev–Trinajstić information content (AvgIpc) is 3.12. The van der Waals surface area contributed by atoms with Gasteiger partial charge in [0.1, 0.15) is 4.60 Å². The lowest BCUT2D eigenvalue weighted by atomic mass is 9.96. The van der Waals surface area contributed by atoms with E-state index in [0.29, 0.717) is 6.04 Å². The second kappa shape index (κ2) is 6.27. The smallest absolute Gasteiger partial charge is 0.109 e. The van der Waals surface area contributed by atoms with Gasteiger partial charge in [0.15, 0.2) is 0 Å². The van der Waals surface area contributed by atoms with Gasteiger partial charge in [0, 0.05) is 4.88 Å². The van der Waals surface area contributed by atoms with Crippen molar-refractivity contribution in [3.05, 3.63) is 44.8 Å². The SMILES string of the molecule is Cc1cc(NC(c2cccs2)C2CCCC2)cnc1Br. The molecule has 0 saturated heterocycles. The Morgan fingerprint density at radius 3 is 2.85 bits per heavy atom. The second-order valence-corrected chi connectivity index (χ2v) is 7.24. The molecule has 1 N–H and O–H groups in total. The van der Waals surface area contributed by atoms with Crippen molar-refractivity contribution in [1.82, 2.24) is 4.98 Å². The van der Waals surface area contributed by atoms with Gasteiger partial charge in [-0.3, -0.25) is 0 Å². The van der Waals surface area contributed by atoms with E-state index in [-0.39, 0.29) is 0 Å². The van der Waals surface area contributed by atoms with Gasteiger partial charge >= 0.3 is 0 Å². The highest BCUT2D eigenvalue weighted by Crippen LogP contribution is 2.39. The minimum absolute atomic E-state index is 0.430. The minimum Gasteiger partial charge on any atom is -0.376 e. The fourth-order valence-electron chi connectivity index (χ4n) is 3.00. The first kappa shape index (κ1) is 14.1. The second-order valence-electron chi connectivity index (χ2n) is 5.51. The van der Waals surface area contributed by atoms with Crippen LogP contribution in [0, 0.1) is 12.8 Å². The monoisotopic (exact) mass is 350 g/mol. The van der Waals surface area contributed by atoms with Crippen molar-refractivity contribution >= 4 is 33.0 Å². The highest BCUT2D eigenvalue weighted by Gasteiger charge is 2.27. The Hall–Kier alpha value is -0.870. The molecule has 0 bridgehead atoms. The molecule has 0 aromatic carbocycles. The normalized spacial score (nSPS) is 17.3. The van der Waals surface area contributed by atoms with E-state index in [1.807, 2.05) is 17.5 Å². The Bertz CT molecular complexity index is 562. The molecule has 1 aliphatic rings. The van der Waals surface area contributed by atoms with Crippen molar-refractivity contribution in [3.63, 3.8) is 0 Å². The van der Waals surface area contributed by atoms with Crippen LogP contribution in [0.15, 0.2) is 34.4 Å². The number of halogens is 1. The maximum Gasteiger partial charge on any atom is 0.109 e. The van der Waals surface area contributed by atoms with Crippen molar-refractivity contribution in [3.8, 4) is 0 Å². The number of anilines is 1. The van der Waals surface area contributed by atoms with Crippen molar-refractivity contribution in [2.75, 3.05) is 5.32 Å². The van der Waals surface area contributed by atoms with Crippen LogP contribution in [-0.4, -0.2) is 4.98 Å². The molecule has 4 heteroatoms. The molecule has 1 fully saturated rings. The number of pyridine rings is 1. The summed E-state index contributed by atoms with van der Waals surface area (Å²) >= 11 is 5.32. The summed E-state index contributed by atoms with van der Waals surface area (Å²) in [6.45, 7) is 2.08. The Morgan fingerprint density at radius 1 is 1.40 bits per heavy atom. The molecule has 1 saturated carbocycles. The van der Waals surface area contributed by atoms with Crippen LogP contribution in [0.1, 0.15) is 42.2 Å². The minimum atomic E-state index is 0.430. The van der Waals surface area contributed by atoms with E-state index >= 15 is 0 Å². The molecule has 2 aromatic rings. The Morgan fingerprint density at radius 2 is 2.20 bits per heavy atom. The zero-order chi connectivity index (χ0) is 13.9. The first-order valence-electron chi connectivity index (χ1n) is 7.16. The lowest BCUT2D eigenvalue weighted by Gasteiger charge is -2.25. The van der Waals surface area contributed by atoms with Gasteiger partial charge in [-0.2, -0.15) is 0 Å². The zero-order valence-electron chi connectivity index (χ0n) is 11.6. The summed E-state index contributed by atoms with van der Waals surface area (Å²) in [5.74, 6) is 0.748. The number of aromatic nitrogens is 1. The molecule has 2 nitrogen and oxygen atoms in total. The van der Waals surface area contributed by atoms with Gasteiger partial charge in [0.25, 0.3) is 0 Å². The number of hydrogen-bond acceptors (Lipinski definition) is 3. The Kier molecular flexibility index (Phi) is 4.41. The van der Waals surface area contributed by atoms with E-state index in [4.69, 9.17) is 0 Å². The highest BCUT2D eigenvalue weighted by atomic mass is 79.9. The average molecular weight is 351 g/mol. The van der Waals surface area contributed by atoms with Crippen molar-refractivity contribution in [2.24, 2.45) is 5.92 Å². The van der Waals surface area contributed by atoms with Gasteiger partial charge < -0.3 is 5.32 Å². The first-order chi connectivity index (χ1) is 9.74. The van der Waals surface area contributed by atoms with E-state index in [1.54, 1.807) is 0 Å². The van der Waals surface area contributed by atoms with E-state index in [9.17, 15) is 0 Å². The number of rotatable bonds is 4. The Balaban J connectivity index is 1.84. The molecule has 0 radical (unpaired) electrons. The zero-order valence-corrected chi connectivity index (χ0v) is 14.0. The number of aryl methyl sites for hydroxylation is 1. The van der Waals surface area contributed by atoms with Crippen LogP contribution in [0.5, 0.6) is 0 Å². The van der Waals surface area contributed by atoms with Gasteiger partial charge in [-0.05, 0) is 64.7 Å². The molecule has 106 valence electrons. The summed E-state index contributed by atoms with van der Waals surface area (Å²) in [4.78, 5) is 5.84. The quantitative estimate of drug-likeness (QED) is 0.730. The first-order valence-corrected chi connectivity index (χ1v) is 8.83. The molecule has 0 aliphatic heterocycles. The number of thiophene rings is 1.